The van der Waals surface area contributed by atoms with Gasteiger partial charge in [0.05, 0.1) is 32.0 Å². The molecule has 0 saturated heterocycles. The molecular weight excluding hydrogens is 431 g/mol. The maximum Gasteiger partial charge on any atom is 0.104 e. The summed E-state index contributed by atoms with van der Waals surface area (Å²) >= 11 is 8.17. The largest absolute Gasteiger partial charge is 1.00 e. The van der Waals surface area contributed by atoms with E-state index in [0.717, 1.165) is 35.6 Å². The summed E-state index contributed by atoms with van der Waals surface area (Å²) in [7, 11) is 4.65. The highest BCUT2D eigenvalue weighted by atomic mass is 35.5. The summed E-state index contributed by atoms with van der Waals surface area (Å²) < 4.78 is 0.982. The lowest BCUT2D eigenvalue weighted by Gasteiger charge is -2.35. The van der Waals surface area contributed by atoms with Gasteiger partial charge in [-0.3, -0.25) is 0 Å². The zero-order chi connectivity index (χ0) is 20.4. The molecule has 0 saturated carbocycles. The van der Waals surface area contributed by atoms with E-state index >= 15 is 0 Å². The fourth-order valence-corrected chi connectivity index (χ4v) is 5.21. The highest BCUT2D eigenvalue weighted by Gasteiger charge is 2.24. The van der Waals surface area contributed by atoms with Crippen molar-refractivity contribution in [3.8, 4) is 0 Å². The van der Waals surface area contributed by atoms with Gasteiger partial charge >= 0.3 is 0 Å². The van der Waals surface area contributed by atoms with E-state index in [-0.39, 0.29) is 12.4 Å². The molecule has 0 aliphatic carbocycles. The van der Waals surface area contributed by atoms with E-state index in [4.69, 9.17) is 11.6 Å². The van der Waals surface area contributed by atoms with Gasteiger partial charge in [-0.2, -0.15) is 0 Å². The van der Waals surface area contributed by atoms with Crippen LogP contribution in [-0.2, 0) is 6.54 Å². The van der Waals surface area contributed by atoms with E-state index in [1.54, 1.807) is 0 Å². The number of quaternary nitrogens is 1. The zero-order valence-corrected chi connectivity index (χ0v) is 20.1. The van der Waals surface area contributed by atoms with Gasteiger partial charge in [0.25, 0.3) is 0 Å². The molecule has 0 radical (unpaired) electrons. The normalized spacial score (nSPS) is 12.7. The second-order valence-electron chi connectivity index (χ2n) is 8.49. The first kappa shape index (κ1) is 23.0. The summed E-state index contributed by atoms with van der Waals surface area (Å²) in [6.45, 7) is 5.30. The Bertz CT molecular complexity index is 1000. The average Bonchev–Trinajstić information content (AvgIpc) is 2.69. The number of para-hydroxylation sites is 1. The summed E-state index contributed by atoms with van der Waals surface area (Å²) in [5.74, 6) is 0. The van der Waals surface area contributed by atoms with E-state index in [0.29, 0.717) is 0 Å². The zero-order valence-electron chi connectivity index (χ0n) is 17.7. The third-order valence-corrected chi connectivity index (χ3v) is 6.83. The van der Waals surface area contributed by atoms with Crippen molar-refractivity contribution in [3.63, 3.8) is 0 Å². The molecule has 3 aromatic carbocycles. The van der Waals surface area contributed by atoms with Crippen LogP contribution in [0.3, 0.4) is 0 Å². The molecule has 1 aliphatic heterocycles. The molecule has 1 aliphatic rings. The minimum absolute atomic E-state index is 0. The molecule has 0 fully saturated rings. The van der Waals surface area contributed by atoms with Gasteiger partial charge in [-0.15, -0.1) is 0 Å². The molecule has 0 atom stereocenters. The lowest BCUT2D eigenvalue weighted by Crippen LogP contribution is -3.00. The minimum Gasteiger partial charge on any atom is -1.00 e. The van der Waals surface area contributed by atoms with Crippen LogP contribution in [0, 0.1) is 6.92 Å². The Hall–Kier alpha value is -1.65. The summed E-state index contributed by atoms with van der Waals surface area (Å²) in [5.41, 5.74) is 5.23. The molecule has 0 spiro atoms. The molecule has 1 heterocycles. The van der Waals surface area contributed by atoms with Crippen molar-refractivity contribution in [1.29, 1.82) is 0 Å². The minimum atomic E-state index is 0. The monoisotopic (exact) mass is 458 g/mol. The lowest BCUT2D eigenvalue weighted by atomic mass is 10.1. The molecule has 4 rings (SSSR count). The van der Waals surface area contributed by atoms with Crippen LogP contribution in [0.15, 0.2) is 76.5 Å². The number of benzene rings is 3. The van der Waals surface area contributed by atoms with Crippen molar-refractivity contribution in [2.45, 2.75) is 29.7 Å². The van der Waals surface area contributed by atoms with Gasteiger partial charge in [0, 0.05) is 33.3 Å². The van der Waals surface area contributed by atoms with Gasteiger partial charge in [0.1, 0.15) is 6.54 Å². The van der Waals surface area contributed by atoms with Crippen LogP contribution in [0.25, 0.3) is 0 Å². The van der Waals surface area contributed by atoms with E-state index in [9.17, 15) is 0 Å². The van der Waals surface area contributed by atoms with Gasteiger partial charge in [0.2, 0.25) is 0 Å². The van der Waals surface area contributed by atoms with Crippen molar-refractivity contribution in [2.24, 2.45) is 0 Å². The molecular formula is C25H28Cl2N2S. The highest BCUT2D eigenvalue weighted by molar-refractivity contribution is 7.99. The Labute approximate surface area is 195 Å². The van der Waals surface area contributed by atoms with E-state index < -0.39 is 0 Å². The molecule has 0 unspecified atom stereocenters. The van der Waals surface area contributed by atoms with Gasteiger partial charge in [0.15, 0.2) is 0 Å². The fraction of sp³-hybridized carbons (Fsp3) is 0.280. The van der Waals surface area contributed by atoms with Crippen LogP contribution in [-0.4, -0.2) is 31.7 Å². The Morgan fingerprint density at radius 3 is 2.37 bits per heavy atom. The first-order chi connectivity index (χ1) is 13.9. The maximum absolute atomic E-state index is 6.34. The van der Waals surface area contributed by atoms with Crippen molar-refractivity contribution >= 4 is 34.7 Å². The Morgan fingerprint density at radius 2 is 1.60 bits per heavy atom. The van der Waals surface area contributed by atoms with Gasteiger partial charge in [-0.25, -0.2) is 0 Å². The third-order valence-electron chi connectivity index (χ3n) is 5.46. The second kappa shape index (κ2) is 9.65. The molecule has 5 heteroatoms. The topological polar surface area (TPSA) is 3.24 Å². The van der Waals surface area contributed by atoms with Crippen molar-refractivity contribution in [3.05, 3.63) is 82.9 Å². The van der Waals surface area contributed by atoms with E-state index in [1.807, 2.05) is 17.8 Å². The second-order valence-corrected chi connectivity index (χ2v) is 10.0. The SMILES string of the molecule is Cc1ccc(C[N+](C)(C)CCCN2c3ccccc3Sc3ccc(Cl)cc32)cc1.[Cl-]. The summed E-state index contributed by atoms with van der Waals surface area (Å²) in [6, 6.07) is 23.8. The number of hydrogen-bond donors (Lipinski definition) is 0. The van der Waals surface area contributed by atoms with Crippen molar-refractivity contribution < 1.29 is 16.9 Å². The number of hydrogen-bond acceptors (Lipinski definition) is 2. The highest BCUT2D eigenvalue weighted by Crippen LogP contribution is 2.48. The first-order valence-electron chi connectivity index (χ1n) is 10.1. The number of anilines is 2. The quantitative estimate of drug-likeness (QED) is 0.514. The van der Waals surface area contributed by atoms with Gasteiger partial charge < -0.3 is 21.8 Å². The number of fused-ring (bicyclic) bond motifs is 2. The van der Waals surface area contributed by atoms with Crippen LogP contribution in [0.5, 0.6) is 0 Å². The first-order valence-corrected chi connectivity index (χ1v) is 11.3. The summed E-state index contributed by atoms with van der Waals surface area (Å²) in [6.07, 6.45) is 1.11. The van der Waals surface area contributed by atoms with Crippen LogP contribution < -0.4 is 17.3 Å². The average molecular weight is 459 g/mol. The van der Waals surface area contributed by atoms with Crippen molar-refractivity contribution in [2.75, 3.05) is 32.1 Å². The Morgan fingerprint density at radius 1 is 0.900 bits per heavy atom. The fourth-order valence-electron chi connectivity index (χ4n) is 3.97. The number of rotatable bonds is 6. The smallest absolute Gasteiger partial charge is 0.104 e. The lowest BCUT2D eigenvalue weighted by molar-refractivity contribution is -0.903. The summed E-state index contributed by atoms with van der Waals surface area (Å²) in [4.78, 5) is 5.04. The van der Waals surface area contributed by atoms with Crippen molar-refractivity contribution in [1.82, 2.24) is 0 Å². The summed E-state index contributed by atoms with van der Waals surface area (Å²) in [5, 5.41) is 0.796. The standard InChI is InChI=1S/C25H28ClN2S.ClH/c1-19-9-11-20(12-10-19)18-28(2,3)16-6-15-27-22-7-4-5-8-24(22)29-25-14-13-21(26)17-23(25)27;/h4-5,7-14,17H,6,15-16,18H2,1-3H3;1H/q+1;/p-1. The molecule has 3 aromatic rings. The van der Waals surface area contributed by atoms with Crippen LogP contribution >= 0.6 is 23.4 Å². The maximum atomic E-state index is 6.34. The van der Waals surface area contributed by atoms with E-state index in [2.05, 4.69) is 86.6 Å². The van der Waals surface area contributed by atoms with Gasteiger partial charge in [-0.1, -0.05) is 65.3 Å². The Kier molecular flexibility index (Phi) is 7.41. The third kappa shape index (κ3) is 5.33. The van der Waals surface area contributed by atoms with Crippen LogP contribution in [0.1, 0.15) is 17.5 Å². The van der Waals surface area contributed by atoms with E-state index in [1.165, 1.54) is 32.3 Å². The van der Waals surface area contributed by atoms with Crippen LogP contribution in [0.4, 0.5) is 11.4 Å². The molecule has 0 amide bonds. The van der Waals surface area contributed by atoms with Gasteiger partial charge in [-0.05, 0) is 37.3 Å². The molecule has 2 nitrogen and oxygen atoms in total. The Balaban J connectivity index is 0.00000256. The molecule has 0 bridgehead atoms. The predicted molar refractivity (Wildman–Crippen MR) is 125 cm³/mol. The molecule has 0 N–H and O–H groups in total. The predicted octanol–water partition coefficient (Wildman–Crippen LogP) is 3.92. The van der Waals surface area contributed by atoms with Crippen LogP contribution in [0.2, 0.25) is 5.02 Å². The number of halogens is 2. The molecule has 0 aromatic heterocycles. The molecule has 30 heavy (non-hydrogen) atoms. The molecule has 158 valence electrons. The number of aryl methyl sites for hydroxylation is 1. The number of nitrogens with zero attached hydrogens (tertiary/aromatic N) is 2.